The summed E-state index contributed by atoms with van der Waals surface area (Å²) in [4.78, 5) is 25.4. The van der Waals surface area contributed by atoms with E-state index < -0.39 is 5.97 Å². The fourth-order valence-corrected chi connectivity index (χ4v) is 4.35. The van der Waals surface area contributed by atoms with Gasteiger partial charge >= 0.3 is 5.97 Å². The Morgan fingerprint density at radius 3 is 2.31 bits per heavy atom. The summed E-state index contributed by atoms with van der Waals surface area (Å²) in [7, 11) is 1.31. The van der Waals surface area contributed by atoms with E-state index in [9.17, 15) is 4.79 Å². The van der Waals surface area contributed by atoms with Crippen LogP contribution in [-0.4, -0.2) is 37.8 Å². The average molecular weight is 500 g/mol. The summed E-state index contributed by atoms with van der Waals surface area (Å²) in [5.74, 6) is -0.520. The molecule has 35 heavy (non-hydrogen) atoms. The van der Waals surface area contributed by atoms with E-state index in [1.165, 1.54) is 25.1 Å². The maximum absolute atomic E-state index is 11.6. The predicted octanol–water partition coefficient (Wildman–Crippen LogP) is 5.98. The van der Waals surface area contributed by atoms with Crippen LogP contribution >= 0.6 is 23.4 Å². The largest absolute Gasteiger partial charge is 0.464 e. The number of esters is 1. The van der Waals surface area contributed by atoms with Crippen LogP contribution in [0.15, 0.2) is 101 Å². The van der Waals surface area contributed by atoms with Crippen molar-refractivity contribution in [2.75, 3.05) is 7.11 Å². The van der Waals surface area contributed by atoms with Gasteiger partial charge in [-0.1, -0.05) is 65.8 Å². The van der Waals surface area contributed by atoms with Crippen LogP contribution in [-0.2, 0) is 4.74 Å². The third-order valence-corrected chi connectivity index (χ3v) is 6.31. The van der Waals surface area contributed by atoms with E-state index in [-0.39, 0.29) is 5.69 Å². The molecule has 0 saturated carbocycles. The second-order valence-electron chi connectivity index (χ2n) is 7.39. The number of aromatic nitrogens is 5. The first-order valence-corrected chi connectivity index (χ1v) is 11.8. The Hall–Kier alpha value is -4.01. The molecule has 0 bridgehead atoms. The minimum absolute atomic E-state index is 0.164. The highest BCUT2D eigenvalue weighted by Gasteiger charge is 2.15. The molecule has 0 spiro atoms. The molecule has 0 radical (unpaired) electrons. The van der Waals surface area contributed by atoms with E-state index in [2.05, 4.69) is 19.7 Å². The highest BCUT2D eigenvalue weighted by atomic mass is 35.5. The van der Waals surface area contributed by atoms with Crippen LogP contribution in [0.1, 0.15) is 10.5 Å². The second-order valence-corrected chi connectivity index (χ2v) is 8.89. The van der Waals surface area contributed by atoms with Gasteiger partial charge in [0.2, 0.25) is 0 Å². The number of methoxy groups -OCH3 is 1. The van der Waals surface area contributed by atoms with Gasteiger partial charge in [0.1, 0.15) is 10.7 Å². The van der Waals surface area contributed by atoms with E-state index in [4.69, 9.17) is 16.7 Å². The highest BCUT2D eigenvalue weighted by molar-refractivity contribution is 7.99. The lowest BCUT2D eigenvalue weighted by Crippen LogP contribution is -2.04. The Morgan fingerprint density at radius 2 is 1.66 bits per heavy atom. The van der Waals surface area contributed by atoms with Crippen molar-refractivity contribution in [2.24, 2.45) is 0 Å². The Morgan fingerprint density at radius 1 is 0.886 bits per heavy atom. The van der Waals surface area contributed by atoms with Crippen molar-refractivity contribution >= 4 is 29.3 Å². The molecule has 5 aromatic rings. The highest BCUT2D eigenvalue weighted by Crippen LogP contribution is 2.36. The summed E-state index contributed by atoms with van der Waals surface area (Å²) in [5, 5.41) is 6.28. The molecule has 3 aromatic heterocycles. The molecule has 0 unspecified atom stereocenters. The van der Waals surface area contributed by atoms with Gasteiger partial charge < -0.3 is 4.74 Å². The van der Waals surface area contributed by atoms with E-state index in [1.54, 1.807) is 12.4 Å². The summed E-state index contributed by atoms with van der Waals surface area (Å²) in [6, 6.07) is 21.5. The van der Waals surface area contributed by atoms with Crippen molar-refractivity contribution in [1.82, 2.24) is 24.7 Å². The molecule has 7 nitrogen and oxygen atoms in total. The maximum Gasteiger partial charge on any atom is 0.358 e. The Kier molecular flexibility index (Phi) is 6.56. The zero-order valence-corrected chi connectivity index (χ0v) is 20.1. The van der Waals surface area contributed by atoms with Gasteiger partial charge in [-0.2, -0.15) is 5.10 Å². The Bertz CT molecular complexity index is 1460. The summed E-state index contributed by atoms with van der Waals surface area (Å²) >= 11 is 7.52. The normalized spacial score (nSPS) is 10.8. The fourth-order valence-electron chi connectivity index (χ4n) is 3.37. The number of halogens is 1. The SMILES string of the molecule is COC(=O)c1cnc(-c2ccc(-c3nn(-c4ccccc4)cc3Sc3ccc(Cl)cn3)cc2)cn1. The first-order chi connectivity index (χ1) is 17.1. The molecule has 0 aliphatic carbocycles. The molecule has 0 atom stereocenters. The lowest BCUT2D eigenvalue weighted by atomic mass is 10.1. The standard InChI is InChI=1S/C26H18ClN5O2S/c1-34-26(33)22-15-28-21(14-29-22)17-7-9-18(10-8-17)25-23(35-24-12-11-19(27)13-30-24)16-32(31-25)20-5-3-2-4-6-20/h2-16H,1H3. The summed E-state index contributed by atoms with van der Waals surface area (Å²) in [5.41, 5.74) is 4.42. The molecule has 3 heterocycles. The minimum Gasteiger partial charge on any atom is -0.464 e. The number of para-hydroxylation sites is 1. The second kappa shape index (κ2) is 10.1. The third kappa shape index (κ3) is 5.08. The topological polar surface area (TPSA) is 82.8 Å². The first-order valence-electron chi connectivity index (χ1n) is 10.6. The van der Waals surface area contributed by atoms with Gasteiger partial charge in [0.25, 0.3) is 0 Å². The Labute approximate surface area is 210 Å². The van der Waals surface area contributed by atoms with Gasteiger partial charge in [0.05, 0.1) is 40.8 Å². The monoisotopic (exact) mass is 499 g/mol. The van der Waals surface area contributed by atoms with E-state index in [1.807, 2.05) is 77.6 Å². The number of rotatable bonds is 6. The molecule has 2 aromatic carbocycles. The lowest BCUT2D eigenvalue weighted by molar-refractivity contribution is 0.0593. The van der Waals surface area contributed by atoms with Crippen molar-refractivity contribution in [3.8, 4) is 28.2 Å². The molecule has 5 rings (SSSR count). The zero-order valence-electron chi connectivity index (χ0n) is 18.5. The summed E-state index contributed by atoms with van der Waals surface area (Å²) < 4.78 is 6.54. The number of pyridine rings is 1. The molecule has 172 valence electrons. The molecular formula is C26H18ClN5O2S. The lowest BCUT2D eigenvalue weighted by Gasteiger charge is -2.05. The van der Waals surface area contributed by atoms with Crippen molar-refractivity contribution in [1.29, 1.82) is 0 Å². The number of benzene rings is 2. The zero-order chi connectivity index (χ0) is 24.2. The van der Waals surface area contributed by atoms with Crippen LogP contribution in [0.5, 0.6) is 0 Å². The van der Waals surface area contributed by atoms with Gasteiger partial charge in [-0.05, 0) is 24.3 Å². The molecule has 0 aliphatic heterocycles. The fraction of sp³-hybridized carbons (Fsp3) is 0.0385. The number of nitrogens with zero attached hydrogens (tertiary/aromatic N) is 5. The smallest absolute Gasteiger partial charge is 0.358 e. The van der Waals surface area contributed by atoms with Crippen molar-refractivity contribution < 1.29 is 9.53 Å². The van der Waals surface area contributed by atoms with Crippen LogP contribution in [0.2, 0.25) is 5.02 Å². The third-order valence-electron chi connectivity index (χ3n) is 5.12. The van der Waals surface area contributed by atoms with Crippen LogP contribution in [0, 0.1) is 0 Å². The van der Waals surface area contributed by atoms with Gasteiger partial charge in [0.15, 0.2) is 5.69 Å². The van der Waals surface area contributed by atoms with Crippen LogP contribution in [0.4, 0.5) is 0 Å². The molecule has 0 fully saturated rings. The van der Waals surface area contributed by atoms with Crippen LogP contribution < -0.4 is 0 Å². The quantitative estimate of drug-likeness (QED) is 0.266. The van der Waals surface area contributed by atoms with Crippen molar-refractivity contribution in [3.05, 3.63) is 102 Å². The molecule has 0 aliphatic rings. The van der Waals surface area contributed by atoms with Crippen LogP contribution in [0.3, 0.4) is 0 Å². The van der Waals surface area contributed by atoms with Gasteiger partial charge in [-0.15, -0.1) is 0 Å². The van der Waals surface area contributed by atoms with Crippen molar-refractivity contribution in [3.63, 3.8) is 0 Å². The number of ether oxygens (including phenoxy) is 1. The number of carbonyl (C=O) groups is 1. The average Bonchev–Trinajstić information content (AvgIpc) is 3.34. The molecule has 0 amide bonds. The summed E-state index contributed by atoms with van der Waals surface area (Å²) in [6.45, 7) is 0. The van der Waals surface area contributed by atoms with Gasteiger partial charge in [0, 0.05) is 23.5 Å². The maximum atomic E-state index is 11.6. The molecule has 0 N–H and O–H groups in total. The number of carbonyl (C=O) groups excluding carboxylic acids is 1. The minimum atomic E-state index is -0.520. The molecule has 0 saturated heterocycles. The van der Waals surface area contributed by atoms with Gasteiger partial charge in [-0.25, -0.2) is 19.4 Å². The van der Waals surface area contributed by atoms with E-state index in [0.29, 0.717) is 10.7 Å². The van der Waals surface area contributed by atoms with Gasteiger partial charge in [-0.3, -0.25) is 4.98 Å². The van der Waals surface area contributed by atoms with Crippen LogP contribution in [0.25, 0.3) is 28.2 Å². The number of hydrogen-bond acceptors (Lipinski definition) is 7. The molecular weight excluding hydrogens is 482 g/mol. The summed E-state index contributed by atoms with van der Waals surface area (Å²) in [6.07, 6.45) is 6.59. The van der Waals surface area contributed by atoms with E-state index in [0.717, 1.165) is 32.4 Å². The van der Waals surface area contributed by atoms with Crippen molar-refractivity contribution in [2.45, 2.75) is 9.92 Å². The predicted molar refractivity (Wildman–Crippen MR) is 135 cm³/mol. The Balaban J connectivity index is 1.48. The molecule has 9 heteroatoms. The number of hydrogen-bond donors (Lipinski definition) is 0. The first kappa shape index (κ1) is 22.8. The van der Waals surface area contributed by atoms with E-state index >= 15 is 0 Å².